The molecule has 1 radical (unpaired) electrons. The molecule has 0 N–H and O–H groups in total. The van der Waals surface area contributed by atoms with Crippen molar-refractivity contribution < 1.29 is 37.7 Å². The van der Waals surface area contributed by atoms with E-state index in [1.807, 2.05) is 5.38 Å². The maximum Gasteiger partial charge on any atom is 0 e. The van der Waals surface area contributed by atoms with Crippen molar-refractivity contribution in [3.8, 4) is 0 Å². The van der Waals surface area contributed by atoms with Crippen molar-refractivity contribution in [3.05, 3.63) is 17.1 Å². The van der Waals surface area contributed by atoms with Crippen LogP contribution in [-0.2, 0) is 0 Å². The molecule has 3 heteroatoms. The Labute approximate surface area is 89.6 Å². The van der Waals surface area contributed by atoms with Gasteiger partial charge in [0, 0.05) is 37.7 Å². The molecular formula is C6H8HoNS-. The van der Waals surface area contributed by atoms with Gasteiger partial charge >= 0.3 is 0 Å². The van der Waals surface area contributed by atoms with Crippen LogP contribution in [0.3, 0.4) is 0 Å². The van der Waals surface area contributed by atoms with Gasteiger partial charge in [-0.05, 0) is 0 Å². The largest absolute Gasteiger partial charge is 0.325 e. The summed E-state index contributed by atoms with van der Waals surface area (Å²) in [6, 6.07) is 0. The van der Waals surface area contributed by atoms with Crippen molar-refractivity contribution in [1.29, 1.82) is 0 Å². The predicted octanol–water partition coefficient (Wildman–Crippen LogP) is 2.07. The van der Waals surface area contributed by atoms with E-state index in [2.05, 4.69) is 24.4 Å². The Hall–Kier alpha value is 0.890. The first-order valence-electron chi connectivity index (χ1n) is 2.62. The van der Waals surface area contributed by atoms with Crippen molar-refractivity contribution in [2.45, 2.75) is 19.8 Å². The van der Waals surface area contributed by atoms with Gasteiger partial charge in [0.1, 0.15) is 0 Å². The van der Waals surface area contributed by atoms with Crippen LogP contribution in [0.5, 0.6) is 0 Å². The summed E-state index contributed by atoms with van der Waals surface area (Å²) >= 11 is 1.46. The quantitative estimate of drug-likeness (QED) is 0.570. The molecule has 0 unspecified atom stereocenters. The molecule has 0 aromatic carbocycles. The Balaban J connectivity index is 0.000000640. The Bertz CT molecular complexity index is 148. The molecule has 0 spiro atoms. The minimum atomic E-state index is 0. The number of nitrogens with zero attached hydrogens (tertiary/aromatic N) is 1. The monoisotopic (exact) mass is 291 g/mol. The van der Waals surface area contributed by atoms with Gasteiger partial charge in [0.25, 0.3) is 0 Å². The van der Waals surface area contributed by atoms with Gasteiger partial charge in [-0.15, -0.1) is 11.6 Å². The van der Waals surface area contributed by atoms with Crippen LogP contribution in [-0.4, -0.2) is 4.37 Å². The molecule has 1 aromatic heterocycles. The molecule has 0 fully saturated rings. The summed E-state index contributed by atoms with van der Waals surface area (Å²) in [6.45, 7) is 4.28. The fourth-order valence-electron chi connectivity index (χ4n) is 0.454. The summed E-state index contributed by atoms with van der Waals surface area (Å²) in [4.78, 5) is 0. The summed E-state index contributed by atoms with van der Waals surface area (Å²) in [5.74, 6) is 0.578. The number of aromatic nitrogens is 1. The fraction of sp³-hybridized carbons (Fsp3) is 0.500. The van der Waals surface area contributed by atoms with Gasteiger partial charge in [0.05, 0.1) is 0 Å². The average Bonchev–Trinajstić information content (AvgIpc) is 2.12. The van der Waals surface area contributed by atoms with Gasteiger partial charge in [-0.3, -0.25) is 0 Å². The van der Waals surface area contributed by atoms with E-state index >= 15 is 0 Å². The molecule has 55 valence electrons. The third-order valence-electron chi connectivity index (χ3n) is 1.03. The summed E-state index contributed by atoms with van der Waals surface area (Å²) in [7, 11) is 0. The standard InChI is InChI=1S/C6H8NS.Ho/c1-5(2)6-3-7-8-4-6;/h4-5H,1-2H3;/q-1;. The van der Waals surface area contributed by atoms with Gasteiger partial charge in [-0.25, -0.2) is 0 Å². The Morgan fingerprint density at radius 1 is 1.67 bits per heavy atom. The molecule has 1 aromatic rings. The Kier molecular flexibility index (Phi) is 5.13. The molecule has 0 amide bonds. The van der Waals surface area contributed by atoms with Crippen LogP contribution in [0.1, 0.15) is 25.3 Å². The zero-order valence-electron chi connectivity index (χ0n) is 5.31. The fourth-order valence-corrected chi connectivity index (χ4v) is 1.10. The normalized spacial score (nSPS) is 9.22. The summed E-state index contributed by atoms with van der Waals surface area (Å²) in [6.07, 6.45) is 2.91. The first-order chi connectivity index (χ1) is 3.80. The smallest absolute Gasteiger partial charge is 0 e. The van der Waals surface area contributed by atoms with Crippen LogP contribution in [0.4, 0.5) is 0 Å². The van der Waals surface area contributed by atoms with Crippen molar-refractivity contribution in [2.24, 2.45) is 0 Å². The van der Waals surface area contributed by atoms with Crippen LogP contribution >= 0.6 is 11.5 Å². The van der Waals surface area contributed by atoms with Gasteiger partial charge in [-0.1, -0.05) is 19.8 Å². The molecule has 1 heterocycles. The molecule has 0 atom stereocenters. The molecular weight excluding hydrogens is 283 g/mol. The molecule has 9 heavy (non-hydrogen) atoms. The van der Waals surface area contributed by atoms with E-state index in [9.17, 15) is 0 Å². The molecule has 1 nitrogen and oxygen atoms in total. The van der Waals surface area contributed by atoms with E-state index in [4.69, 9.17) is 0 Å². The van der Waals surface area contributed by atoms with Crippen LogP contribution in [0, 0.1) is 43.9 Å². The Morgan fingerprint density at radius 3 is 2.56 bits per heavy atom. The van der Waals surface area contributed by atoms with E-state index in [0.717, 1.165) is 0 Å². The summed E-state index contributed by atoms with van der Waals surface area (Å²) in [5.41, 5.74) is 1.22. The molecule has 0 saturated carbocycles. The SMILES string of the molecule is CC(C)c1[c-]nsc1.[Ho]. The van der Waals surface area contributed by atoms with Gasteiger partial charge in [0.2, 0.25) is 0 Å². The second-order valence-electron chi connectivity index (χ2n) is 2.04. The van der Waals surface area contributed by atoms with Gasteiger partial charge in [0.15, 0.2) is 0 Å². The first kappa shape index (κ1) is 9.89. The van der Waals surface area contributed by atoms with Gasteiger partial charge < -0.3 is 4.37 Å². The van der Waals surface area contributed by atoms with E-state index in [-0.39, 0.29) is 37.7 Å². The second-order valence-corrected chi connectivity index (χ2v) is 2.67. The predicted molar refractivity (Wildman–Crippen MR) is 35.0 cm³/mol. The maximum absolute atomic E-state index is 3.86. The zero-order chi connectivity index (χ0) is 5.98. The van der Waals surface area contributed by atoms with Crippen LogP contribution in [0.15, 0.2) is 5.38 Å². The maximum atomic E-state index is 3.86. The molecule has 1 rings (SSSR count). The van der Waals surface area contributed by atoms with Crippen LogP contribution in [0.2, 0.25) is 0 Å². The molecule has 0 saturated heterocycles. The Morgan fingerprint density at radius 2 is 2.33 bits per heavy atom. The van der Waals surface area contributed by atoms with E-state index in [1.165, 1.54) is 17.1 Å². The summed E-state index contributed by atoms with van der Waals surface area (Å²) in [5, 5.41) is 2.03. The minimum absolute atomic E-state index is 0. The van der Waals surface area contributed by atoms with Gasteiger partial charge in [-0.2, -0.15) is 17.1 Å². The molecule has 0 aliphatic heterocycles. The van der Waals surface area contributed by atoms with Crippen molar-refractivity contribution >= 4 is 11.5 Å². The number of rotatable bonds is 1. The second kappa shape index (κ2) is 4.67. The van der Waals surface area contributed by atoms with Crippen molar-refractivity contribution in [2.75, 3.05) is 0 Å². The molecule has 0 bridgehead atoms. The number of hydrogen-bond acceptors (Lipinski definition) is 2. The van der Waals surface area contributed by atoms with E-state index in [1.54, 1.807) is 0 Å². The number of hydrogen-bond donors (Lipinski definition) is 0. The zero-order valence-corrected chi connectivity index (χ0v) is 8.06. The first-order valence-corrected chi connectivity index (χ1v) is 3.46. The van der Waals surface area contributed by atoms with E-state index < -0.39 is 0 Å². The topological polar surface area (TPSA) is 12.9 Å². The third-order valence-corrected chi connectivity index (χ3v) is 1.59. The average molecular weight is 291 g/mol. The van der Waals surface area contributed by atoms with Crippen molar-refractivity contribution in [3.63, 3.8) is 0 Å². The van der Waals surface area contributed by atoms with Crippen LogP contribution < -0.4 is 0 Å². The third kappa shape index (κ3) is 2.99. The minimum Gasteiger partial charge on any atom is -0.325 e. The van der Waals surface area contributed by atoms with Crippen molar-refractivity contribution in [1.82, 2.24) is 4.37 Å². The summed E-state index contributed by atoms with van der Waals surface area (Å²) < 4.78 is 3.86. The molecule has 0 aliphatic rings. The van der Waals surface area contributed by atoms with Crippen LogP contribution in [0.25, 0.3) is 0 Å². The molecule has 0 aliphatic carbocycles. The van der Waals surface area contributed by atoms with E-state index in [0.29, 0.717) is 5.92 Å².